The van der Waals surface area contributed by atoms with Gasteiger partial charge in [0, 0.05) is 29.5 Å². The fourth-order valence-electron chi connectivity index (χ4n) is 3.84. The minimum atomic E-state index is -4.06. The van der Waals surface area contributed by atoms with Gasteiger partial charge in [0.2, 0.25) is 0 Å². The van der Waals surface area contributed by atoms with Crippen molar-refractivity contribution >= 4 is 39.7 Å². The van der Waals surface area contributed by atoms with E-state index in [1.54, 1.807) is 25.5 Å². The minimum absolute atomic E-state index is 0. The number of sulfonamides is 1. The van der Waals surface area contributed by atoms with Crippen molar-refractivity contribution in [2.75, 3.05) is 10.9 Å². The molecule has 0 N–H and O–H groups in total. The third kappa shape index (κ3) is 6.37. The van der Waals surface area contributed by atoms with Gasteiger partial charge in [0.25, 0.3) is 10.0 Å². The highest BCUT2D eigenvalue weighted by atomic mass is 35.5. The summed E-state index contributed by atoms with van der Waals surface area (Å²) in [5, 5.41) is 0.420. The molecule has 36 heavy (non-hydrogen) atoms. The van der Waals surface area contributed by atoms with Gasteiger partial charge in [-0.15, -0.1) is 12.4 Å². The number of imidazole rings is 1. The lowest BCUT2D eigenvalue weighted by Gasteiger charge is -2.32. The minimum Gasteiger partial charge on any atom is -0.493 e. The predicted octanol–water partition coefficient (Wildman–Crippen LogP) is 6.52. The Morgan fingerprint density at radius 2 is 1.83 bits per heavy atom. The molecule has 10 heteroatoms. The molecule has 0 aliphatic carbocycles. The van der Waals surface area contributed by atoms with Gasteiger partial charge in [-0.05, 0) is 61.9 Å². The van der Waals surface area contributed by atoms with Gasteiger partial charge in [0.1, 0.15) is 11.6 Å². The highest BCUT2D eigenvalue weighted by molar-refractivity contribution is 7.92. The topological polar surface area (TPSA) is 64.4 Å². The summed E-state index contributed by atoms with van der Waals surface area (Å²) in [5.41, 5.74) is 0.874. The number of ether oxygens (including phenoxy) is 1. The molecular weight excluding hydrogens is 524 g/mol. The molecule has 190 valence electrons. The van der Waals surface area contributed by atoms with Crippen molar-refractivity contribution in [3.8, 4) is 5.75 Å². The van der Waals surface area contributed by atoms with Gasteiger partial charge in [-0.1, -0.05) is 35.9 Å². The van der Waals surface area contributed by atoms with E-state index in [0.717, 1.165) is 13.0 Å². The van der Waals surface area contributed by atoms with Crippen molar-refractivity contribution in [1.82, 2.24) is 9.55 Å². The number of aryl methyl sites for hydroxylation is 1. The van der Waals surface area contributed by atoms with Crippen LogP contribution in [-0.2, 0) is 16.6 Å². The van der Waals surface area contributed by atoms with Crippen LogP contribution in [0.15, 0.2) is 96.4 Å². The summed E-state index contributed by atoms with van der Waals surface area (Å²) in [6, 6.07) is 18.0. The van der Waals surface area contributed by atoms with Crippen LogP contribution in [0.3, 0.4) is 0 Å². The lowest BCUT2D eigenvalue weighted by molar-refractivity contribution is 0.297. The second-order valence-electron chi connectivity index (χ2n) is 7.95. The number of nitrogens with zero attached hydrogens (tertiary/aromatic N) is 3. The van der Waals surface area contributed by atoms with Crippen molar-refractivity contribution in [3.63, 3.8) is 0 Å². The average Bonchev–Trinajstić information content (AvgIpc) is 3.36. The first kappa shape index (κ1) is 27.5. The molecule has 0 spiro atoms. The van der Waals surface area contributed by atoms with Gasteiger partial charge in [-0.25, -0.2) is 17.8 Å². The molecule has 1 heterocycles. The molecule has 0 bridgehead atoms. The normalized spacial score (nSPS) is 12.0. The standard InChI is InChI=1S/C26H25ClFN3O3S.ClH/c1-20(25-8-2-3-9-26(25)34-17-5-15-30-16-14-29-19-30)31(23-7-4-6-22(28)18-23)35(32,33)24-12-10-21(27)11-13-24;/h2-4,6-14,16,18-20H,5,15,17H2,1H3;1H/t20-;/m1./s1. The Balaban J connectivity index is 0.00000361. The van der Waals surface area contributed by atoms with Crippen molar-refractivity contribution in [3.05, 3.63) is 108 Å². The quantitative estimate of drug-likeness (QED) is 0.211. The predicted molar refractivity (Wildman–Crippen MR) is 142 cm³/mol. The molecular formula is C26H26Cl2FN3O3S. The van der Waals surface area contributed by atoms with Crippen LogP contribution in [0, 0.1) is 5.82 Å². The second-order valence-corrected chi connectivity index (χ2v) is 10.2. The van der Waals surface area contributed by atoms with Crippen molar-refractivity contribution in [1.29, 1.82) is 0 Å². The smallest absolute Gasteiger partial charge is 0.264 e. The van der Waals surface area contributed by atoms with Crippen LogP contribution in [0.4, 0.5) is 10.1 Å². The zero-order valence-corrected chi connectivity index (χ0v) is 21.9. The Labute approximate surface area is 221 Å². The summed E-state index contributed by atoms with van der Waals surface area (Å²) in [6.45, 7) is 2.94. The molecule has 3 aromatic carbocycles. The van der Waals surface area contributed by atoms with Gasteiger partial charge in [0.15, 0.2) is 0 Å². The molecule has 0 unspecified atom stereocenters. The summed E-state index contributed by atoms with van der Waals surface area (Å²) in [6.07, 6.45) is 6.10. The fraction of sp³-hybridized carbons (Fsp3) is 0.192. The molecule has 1 atom stereocenters. The maximum Gasteiger partial charge on any atom is 0.264 e. The Hall–Kier alpha value is -3.07. The molecule has 4 rings (SSSR count). The lowest BCUT2D eigenvalue weighted by atomic mass is 10.1. The molecule has 6 nitrogen and oxygen atoms in total. The van der Waals surface area contributed by atoms with Gasteiger partial charge in [-0.3, -0.25) is 4.31 Å². The number of rotatable bonds is 10. The van der Waals surface area contributed by atoms with E-state index < -0.39 is 21.9 Å². The molecule has 0 amide bonds. The Kier molecular flexibility index (Phi) is 9.37. The summed E-state index contributed by atoms with van der Waals surface area (Å²) >= 11 is 5.97. The van der Waals surface area contributed by atoms with Crippen molar-refractivity contribution < 1.29 is 17.5 Å². The van der Waals surface area contributed by atoms with E-state index >= 15 is 0 Å². The summed E-state index contributed by atoms with van der Waals surface area (Å²) in [5.74, 6) is 0.0355. The van der Waals surface area contributed by atoms with E-state index in [9.17, 15) is 12.8 Å². The first-order valence-corrected chi connectivity index (χ1v) is 12.9. The van der Waals surface area contributed by atoms with Crippen LogP contribution in [-0.4, -0.2) is 24.6 Å². The monoisotopic (exact) mass is 549 g/mol. The number of hydrogen-bond acceptors (Lipinski definition) is 4. The fourth-order valence-corrected chi connectivity index (χ4v) is 5.59. The van der Waals surface area contributed by atoms with Crippen LogP contribution >= 0.6 is 24.0 Å². The zero-order valence-electron chi connectivity index (χ0n) is 19.5. The van der Waals surface area contributed by atoms with Gasteiger partial charge >= 0.3 is 0 Å². The average molecular weight is 550 g/mol. The van der Waals surface area contributed by atoms with E-state index in [1.165, 1.54) is 46.8 Å². The van der Waals surface area contributed by atoms with Crippen LogP contribution < -0.4 is 9.04 Å². The largest absolute Gasteiger partial charge is 0.493 e. The van der Waals surface area contributed by atoms with Gasteiger partial charge in [-0.2, -0.15) is 0 Å². The Bertz CT molecular complexity index is 1370. The molecule has 4 aromatic rings. The Morgan fingerprint density at radius 3 is 2.53 bits per heavy atom. The van der Waals surface area contributed by atoms with Crippen molar-refractivity contribution in [2.24, 2.45) is 0 Å². The molecule has 0 aliphatic heterocycles. The summed E-state index contributed by atoms with van der Waals surface area (Å²) in [7, 11) is -4.06. The molecule has 0 saturated heterocycles. The number of halogens is 3. The highest BCUT2D eigenvalue weighted by Crippen LogP contribution is 2.37. The molecule has 1 aromatic heterocycles. The second kappa shape index (κ2) is 12.3. The van der Waals surface area contributed by atoms with Gasteiger partial charge < -0.3 is 9.30 Å². The summed E-state index contributed by atoms with van der Waals surface area (Å²) in [4.78, 5) is 4.08. The third-order valence-corrected chi connectivity index (χ3v) is 7.70. The molecule has 0 aliphatic rings. The maximum atomic E-state index is 14.2. The van der Waals surface area contributed by atoms with Gasteiger partial charge in [0.05, 0.1) is 29.6 Å². The van der Waals surface area contributed by atoms with E-state index in [-0.39, 0.29) is 23.0 Å². The van der Waals surface area contributed by atoms with Crippen LogP contribution in [0.5, 0.6) is 5.75 Å². The summed E-state index contributed by atoms with van der Waals surface area (Å²) < 4.78 is 51.0. The third-order valence-electron chi connectivity index (χ3n) is 5.53. The molecule has 0 radical (unpaired) electrons. The van der Waals surface area contributed by atoms with Crippen molar-refractivity contribution in [2.45, 2.75) is 30.8 Å². The van der Waals surface area contributed by atoms with E-state index in [1.807, 2.05) is 35.0 Å². The maximum absolute atomic E-state index is 14.2. The lowest BCUT2D eigenvalue weighted by Crippen LogP contribution is -2.34. The number of hydrogen-bond donors (Lipinski definition) is 0. The SMILES string of the molecule is C[C@H](c1ccccc1OCCCn1ccnc1)N(c1cccc(F)c1)S(=O)(=O)c1ccc(Cl)cc1.Cl. The van der Waals surface area contributed by atoms with E-state index in [4.69, 9.17) is 16.3 Å². The zero-order chi connectivity index (χ0) is 24.8. The van der Waals surface area contributed by atoms with E-state index in [0.29, 0.717) is 22.9 Å². The highest BCUT2D eigenvalue weighted by Gasteiger charge is 2.32. The van der Waals surface area contributed by atoms with Crippen LogP contribution in [0.25, 0.3) is 0 Å². The first-order valence-electron chi connectivity index (χ1n) is 11.1. The number of anilines is 1. The van der Waals surface area contributed by atoms with Crippen LogP contribution in [0.1, 0.15) is 24.9 Å². The Morgan fingerprint density at radius 1 is 1.08 bits per heavy atom. The molecule has 0 saturated carbocycles. The number of para-hydroxylation sites is 1. The van der Waals surface area contributed by atoms with E-state index in [2.05, 4.69) is 4.98 Å². The number of aromatic nitrogens is 2. The molecule has 0 fully saturated rings. The van der Waals surface area contributed by atoms with Crippen LogP contribution in [0.2, 0.25) is 5.02 Å². The first-order chi connectivity index (χ1) is 16.9. The number of benzene rings is 3.